The average Bonchev–Trinajstić information content (AvgIpc) is 2.76. The number of hydrogen-bond acceptors (Lipinski definition) is 6. The van der Waals surface area contributed by atoms with Crippen molar-refractivity contribution in [1.82, 2.24) is 15.0 Å². The maximum Gasteiger partial charge on any atom is 0.226 e. The van der Waals surface area contributed by atoms with Gasteiger partial charge >= 0.3 is 0 Å². The van der Waals surface area contributed by atoms with Gasteiger partial charge in [0.2, 0.25) is 5.95 Å². The third kappa shape index (κ3) is 2.95. The number of rotatable bonds is 4. The van der Waals surface area contributed by atoms with Crippen LogP contribution >= 0.6 is 11.3 Å². The number of nitrogens with zero attached hydrogens (tertiary/aromatic N) is 4. The second kappa shape index (κ2) is 5.30. The van der Waals surface area contributed by atoms with Crippen molar-refractivity contribution in [3.8, 4) is 0 Å². The second-order valence-electron chi connectivity index (χ2n) is 4.33. The Kier molecular flexibility index (Phi) is 3.76. The summed E-state index contributed by atoms with van der Waals surface area (Å²) < 4.78 is 0. The van der Waals surface area contributed by atoms with Gasteiger partial charge in [-0.25, -0.2) is 9.97 Å². The maximum absolute atomic E-state index is 4.47. The van der Waals surface area contributed by atoms with E-state index in [4.69, 9.17) is 0 Å². The fourth-order valence-electron chi connectivity index (χ4n) is 1.50. The minimum absolute atomic E-state index is 0.147. The topological polar surface area (TPSA) is 53.9 Å². The smallest absolute Gasteiger partial charge is 0.226 e. The SMILES string of the molecule is Cc1csc(C(C)Nc2ccnc(N(C)C)n2)n1. The predicted octanol–water partition coefficient (Wildman–Crippen LogP) is 2.48. The van der Waals surface area contributed by atoms with E-state index in [0.717, 1.165) is 16.5 Å². The highest BCUT2D eigenvalue weighted by atomic mass is 32.1. The summed E-state index contributed by atoms with van der Waals surface area (Å²) in [6, 6.07) is 2.01. The molecule has 2 rings (SSSR count). The van der Waals surface area contributed by atoms with Crippen LogP contribution in [0.1, 0.15) is 23.7 Å². The molecule has 5 nitrogen and oxygen atoms in total. The predicted molar refractivity (Wildman–Crippen MR) is 75.2 cm³/mol. The lowest BCUT2D eigenvalue weighted by molar-refractivity contribution is 0.850. The van der Waals surface area contributed by atoms with Gasteiger partial charge in [0, 0.05) is 31.4 Å². The van der Waals surface area contributed by atoms with Gasteiger partial charge in [-0.3, -0.25) is 0 Å². The summed E-state index contributed by atoms with van der Waals surface area (Å²) in [7, 11) is 3.85. The van der Waals surface area contributed by atoms with Gasteiger partial charge in [-0.05, 0) is 19.9 Å². The van der Waals surface area contributed by atoms with Crippen molar-refractivity contribution in [2.75, 3.05) is 24.3 Å². The molecule has 1 N–H and O–H groups in total. The van der Waals surface area contributed by atoms with E-state index >= 15 is 0 Å². The number of nitrogens with one attached hydrogen (secondary N) is 1. The summed E-state index contributed by atoms with van der Waals surface area (Å²) in [4.78, 5) is 15.0. The monoisotopic (exact) mass is 263 g/mol. The Labute approximate surface area is 111 Å². The van der Waals surface area contributed by atoms with E-state index in [9.17, 15) is 0 Å². The van der Waals surface area contributed by atoms with Gasteiger partial charge in [-0.15, -0.1) is 11.3 Å². The molecule has 18 heavy (non-hydrogen) atoms. The summed E-state index contributed by atoms with van der Waals surface area (Å²) in [6.07, 6.45) is 1.75. The zero-order chi connectivity index (χ0) is 13.1. The van der Waals surface area contributed by atoms with E-state index in [1.165, 1.54) is 0 Å². The van der Waals surface area contributed by atoms with E-state index in [1.807, 2.05) is 32.0 Å². The van der Waals surface area contributed by atoms with Crippen LogP contribution in [-0.2, 0) is 0 Å². The molecular formula is C12H17N5S. The minimum Gasteiger partial charge on any atom is -0.361 e. The first-order chi connectivity index (χ1) is 8.56. The Balaban J connectivity index is 2.11. The van der Waals surface area contributed by atoms with Crippen LogP contribution in [-0.4, -0.2) is 29.0 Å². The van der Waals surface area contributed by atoms with Crippen molar-refractivity contribution in [3.05, 3.63) is 28.3 Å². The molecule has 6 heteroatoms. The third-order valence-corrected chi connectivity index (χ3v) is 3.56. The van der Waals surface area contributed by atoms with Gasteiger partial charge in [0.1, 0.15) is 10.8 Å². The Morgan fingerprint density at radius 2 is 2.11 bits per heavy atom. The lowest BCUT2D eigenvalue weighted by Crippen LogP contribution is -2.14. The van der Waals surface area contributed by atoms with Crippen LogP contribution in [0, 0.1) is 6.92 Å². The Bertz CT molecular complexity index is 523. The summed E-state index contributed by atoms with van der Waals surface area (Å²) in [5.74, 6) is 1.51. The van der Waals surface area contributed by atoms with E-state index in [2.05, 4.69) is 32.6 Å². The van der Waals surface area contributed by atoms with Crippen molar-refractivity contribution in [2.45, 2.75) is 19.9 Å². The van der Waals surface area contributed by atoms with Crippen molar-refractivity contribution in [1.29, 1.82) is 0 Å². The van der Waals surface area contributed by atoms with Crippen LogP contribution in [0.2, 0.25) is 0 Å². The van der Waals surface area contributed by atoms with Crippen molar-refractivity contribution >= 4 is 23.1 Å². The number of thiazole rings is 1. The van der Waals surface area contributed by atoms with Crippen LogP contribution in [0.5, 0.6) is 0 Å². The number of hydrogen-bond donors (Lipinski definition) is 1. The van der Waals surface area contributed by atoms with E-state index in [0.29, 0.717) is 5.95 Å². The van der Waals surface area contributed by atoms with Crippen LogP contribution in [0.15, 0.2) is 17.6 Å². The summed E-state index contributed by atoms with van der Waals surface area (Å²) in [6.45, 7) is 4.08. The molecule has 0 amide bonds. The van der Waals surface area contributed by atoms with Gasteiger partial charge in [0.05, 0.1) is 6.04 Å². The summed E-state index contributed by atoms with van der Waals surface area (Å²) in [5, 5.41) is 6.46. The summed E-state index contributed by atoms with van der Waals surface area (Å²) >= 11 is 1.66. The lowest BCUT2D eigenvalue weighted by atomic mass is 10.3. The van der Waals surface area contributed by atoms with Gasteiger partial charge in [-0.1, -0.05) is 0 Å². The molecule has 0 fully saturated rings. The molecule has 96 valence electrons. The molecule has 0 saturated carbocycles. The lowest BCUT2D eigenvalue weighted by Gasteiger charge is -2.14. The van der Waals surface area contributed by atoms with Crippen molar-refractivity contribution in [2.24, 2.45) is 0 Å². The molecule has 0 aromatic carbocycles. The average molecular weight is 263 g/mol. The van der Waals surface area contributed by atoms with Gasteiger partial charge in [0.15, 0.2) is 0 Å². The first-order valence-corrected chi connectivity index (χ1v) is 6.63. The van der Waals surface area contributed by atoms with Crippen molar-refractivity contribution in [3.63, 3.8) is 0 Å². The van der Waals surface area contributed by atoms with Crippen molar-refractivity contribution < 1.29 is 0 Å². The molecule has 1 unspecified atom stereocenters. The molecule has 0 saturated heterocycles. The molecule has 2 aromatic heterocycles. The Morgan fingerprint density at radius 3 is 2.72 bits per heavy atom. The molecular weight excluding hydrogens is 246 g/mol. The molecule has 2 heterocycles. The fraction of sp³-hybridized carbons (Fsp3) is 0.417. The number of aromatic nitrogens is 3. The first-order valence-electron chi connectivity index (χ1n) is 5.75. The van der Waals surface area contributed by atoms with Gasteiger partial charge < -0.3 is 10.2 Å². The molecule has 0 bridgehead atoms. The molecule has 0 aliphatic carbocycles. The Morgan fingerprint density at radius 1 is 1.33 bits per heavy atom. The highest BCUT2D eigenvalue weighted by molar-refractivity contribution is 7.09. The minimum atomic E-state index is 0.147. The zero-order valence-electron chi connectivity index (χ0n) is 11.0. The standard InChI is InChI=1S/C12H17N5S/c1-8-7-18-11(14-8)9(2)15-10-5-6-13-12(16-10)17(3)4/h5-7,9H,1-4H3,(H,13,15,16). The quantitative estimate of drug-likeness (QED) is 0.918. The summed E-state index contributed by atoms with van der Waals surface area (Å²) in [5.41, 5.74) is 1.06. The molecule has 1 atom stereocenters. The normalized spacial score (nSPS) is 12.2. The van der Waals surface area contributed by atoms with Crippen LogP contribution in [0.4, 0.5) is 11.8 Å². The van der Waals surface area contributed by atoms with Crippen LogP contribution in [0.3, 0.4) is 0 Å². The van der Waals surface area contributed by atoms with Gasteiger partial charge in [-0.2, -0.15) is 4.98 Å². The second-order valence-corrected chi connectivity index (χ2v) is 5.22. The highest BCUT2D eigenvalue weighted by Gasteiger charge is 2.10. The van der Waals surface area contributed by atoms with E-state index in [-0.39, 0.29) is 6.04 Å². The van der Waals surface area contributed by atoms with Gasteiger partial charge in [0.25, 0.3) is 0 Å². The Hall–Kier alpha value is -1.69. The van der Waals surface area contributed by atoms with E-state index < -0.39 is 0 Å². The fourth-order valence-corrected chi connectivity index (χ4v) is 2.30. The third-order valence-electron chi connectivity index (χ3n) is 2.41. The van der Waals surface area contributed by atoms with Crippen LogP contribution < -0.4 is 10.2 Å². The highest BCUT2D eigenvalue weighted by Crippen LogP contribution is 2.21. The molecule has 2 aromatic rings. The number of anilines is 2. The van der Waals surface area contributed by atoms with E-state index in [1.54, 1.807) is 17.5 Å². The zero-order valence-corrected chi connectivity index (χ0v) is 11.8. The number of aryl methyl sites for hydroxylation is 1. The molecule has 0 aliphatic rings. The largest absolute Gasteiger partial charge is 0.361 e. The van der Waals surface area contributed by atoms with Crippen LogP contribution in [0.25, 0.3) is 0 Å². The molecule has 0 spiro atoms. The first kappa shape index (κ1) is 12.8. The molecule has 0 radical (unpaired) electrons. The molecule has 0 aliphatic heterocycles. The maximum atomic E-state index is 4.47.